The molecule has 2 aromatic rings. The molecule has 3 aliphatic rings. The van der Waals surface area contributed by atoms with Gasteiger partial charge in [0.2, 0.25) is 17.7 Å². The smallest absolute Gasteiger partial charge is 0.342 e. The predicted molar refractivity (Wildman–Crippen MR) is 127 cm³/mol. The first-order valence-electron chi connectivity index (χ1n) is 12.5. The SMILES string of the molecule is Cc1cccc(C2CCCN(C(=O)CC3(c4cccc(C(F)(F)F)c4)CC(=O)N(C4CC4)C3=O)C2)c1. The van der Waals surface area contributed by atoms with E-state index in [2.05, 4.69) is 6.07 Å². The van der Waals surface area contributed by atoms with Crippen molar-refractivity contribution in [2.24, 2.45) is 0 Å². The first kappa shape index (κ1) is 24.5. The minimum atomic E-state index is -4.60. The molecule has 190 valence electrons. The van der Waals surface area contributed by atoms with Crippen molar-refractivity contribution in [3.63, 3.8) is 0 Å². The molecule has 1 aliphatic carbocycles. The lowest BCUT2D eigenvalue weighted by atomic mass is 9.75. The predicted octanol–water partition coefficient (Wildman–Crippen LogP) is 4.97. The Morgan fingerprint density at radius 1 is 1.06 bits per heavy atom. The number of benzene rings is 2. The van der Waals surface area contributed by atoms with E-state index in [0.29, 0.717) is 25.9 Å². The zero-order valence-electron chi connectivity index (χ0n) is 20.2. The molecule has 0 aromatic heterocycles. The summed E-state index contributed by atoms with van der Waals surface area (Å²) in [6.45, 7) is 3.02. The number of alkyl halides is 3. The minimum Gasteiger partial charge on any atom is -0.342 e. The molecule has 2 unspecified atom stereocenters. The topological polar surface area (TPSA) is 57.7 Å². The summed E-state index contributed by atoms with van der Waals surface area (Å²) in [5.41, 5.74) is -0.149. The van der Waals surface area contributed by atoms with Gasteiger partial charge < -0.3 is 4.90 Å². The van der Waals surface area contributed by atoms with Crippen LogP contribution in [0.15, 0.2) is 48.5 Å². The van der Waals surface area contributed by atoms with Crippen LogP contribution in [-0.4, -0.2) is 46.7 Å². The number of nitrogens with zero attached hydrogens (tertiary/aromatic N) is 2. The summed E-state index contributed by atoms with van der Waals surface area (Å²) in [6, 6.07) is 12.5. The highest BCUT2D eigenvalue weighted by Gasteiger charge is 2.57. The van der Waals surface area contributed by atoms with Crippen LogP contribution in [0.1, 0.15) is 66.7 Å². The molecule has 5 nitrogen and oxygen atoms in total. The van der Waals surface area contributed by atoms with Gasteiger partial charge in [0.1, 0.15) is 0 Å². The average molecular weight is 499 g/mol. The summed E-state index contributed by atoms with van der Waals surface area (Å²) < 4.78 is 40.6. The lowest BCUT2D eigenvalue weighted by molar-refractivity contribution is -0.143. The Labute approximate surface area is 208 Å². The third-order valence-electron chi connectivity index (χ3n) is 7.75. The standard InChI is InChI=1S/C28H29F3N2O3/c1-18-5-2-6-19(13-18)20-7-4-12-32(17-20)24(34)15-27(16-25(35)33(26(27)36)23-10-11-23)21-8-3-9-22(14-21)28(29,30)31/h2-3,5-6,8-9,13-14,20,23H,4,7,10-12,15-17H2,1H3. The second-order valence-electron chi connectivity index (χ2n) is 10.4. The highest BCUT2D eigenvalue weighted by molar-refractivity contribution is 6.11. The van der Waals surface area contributed by atoms with Crippen LogP contribution in [-0.2, 0) is 26.0 Å². The van der Waals surface area contributed by atoms with Crippen LogP contribution < -0.4 is 0 Å². The van der Waals surface area contributed by atoms with Gasteiger partial charge >= 0.3 is 6.18 Å². The number of carbonyl (C=O) groups excluding carboxylic acids is 3. The maximum atomic E-state index is 13.7. The van der Waals surface area contributed by atoms with Crippen molar-refractivity contribution in [1.29, 1.82) is 0 Å². The van der Waals surface area contributed by atoms with Crippen LogP contribution in [0.25, 0.3) is 0 Å². The number of amides is 3. The van der Waals surface area contributed by atoms with E-state index in [9.17, 15) is 27.6 Å². The number of halogens is 3. The van der Waals surface area contributed by atoms with Crippen molar-refractivity contribution in [3.8, 4) is 0 Å². The van der Waals surface area contributed by atoms with Gasteiger partial charge in [0.15, 0.2) is 0 Å². The van der Waals surface area contributed by atoms with E-state index < -0.39 is 29.0 Å². The molecule has 3 amide bonds. The lowest BCUT2D eigenvalue weighted by Gasteiger charge is -2.36. The fourth-order valence-corrected chi connectivity index (χ4v) is 5.69. The molecule has 36 heavy (non-hydrogen) atoms. The zero-order valence-corrected chi connectivity index (χ0v) is 20.2. The number of imide groups is 1. The Bertz CT molecular complexity index is 1210. The number of hydrogen-bond acceptors (Lipinski definition) is 3. The molecular formula is C28H29F3N2O3. The molecule has 0 radical (unpaired) electrons. The summed E-state index contributed by atoms with van der Waals surface area (Å²) in [5, 5.41) is 0. The number of rotatable bonds is 5. The fraction of sp³-hybridized carbons (Fsp3) is 0.464. The monoisotopic (exact) mass is 498 g/mol. The Morgan fingerprint density at radius 2 is 1.81 bits per heavy atom. The number of carbonyl (C=O) groups is 3. The van der Waals surface area contributed by atoms with Crippen molar-refractivity contribution >= 4 is 17.7 Å². The third-order valence-corrected chi connectivity index (χ3v) is 7.75. The number of piperidine rings is 1. The molecule has 0 N–H and O–H groups in total. The van der Waals surface area contributed by atoms with Crippen LogP contribution >= 0.6 is 0 Å². The average Bonchev–Trinajstić information content (AvgIpc) is 3.64. The molecule has 2 atom stereocenters. The normalized spacial score (nSPS) is 24.9. The molecule has 2 saturated heterocycles. The fourth-order valence-electron chi connectivity index (χ4n) is 5.69. The summed E-state index contributed by atoms with van der Waals surface area (Å²) in [5.74, 6) is -1.11. The van der Waals surface area contributed by atoms with Crippen molar-refractivity contribution in [1.82, 2.24) is 9.80 Å². The molecule has 3 fully saturated rings. The molecule has 8 heteroatoms. The maximum Gasteiger partial charge on any atom is 0.416 e. The molecular weight excluding hydrogens is 469 g/mol. The molecule has 5 rings (SSSR count). The molecule has 0 spiro atoms. The third kappa shape index (κ3) is 4.53. The van der Waals surface area contributed by atoms with E-state index in [4.69, 9.17) is 0 Å². The van der Waals surface area contributed by atoms with Crippen LogP contribution in [0.4, 0.5) is 13.2 Å². The van der Waals surface area contributed by atoms with Crippen LogP contribution in [0.3, 0.4) is 0 Å². The Balaban J connectivity index is 1.45. The van der Waals surface area contributed by atoms with E-state index in [1.165, 1.54) is 17.0 Å². The number of hydrogen-bond donors (Lipinski definition) is 0. The van der Waals surface area contributed by atoms with Gasteiger partial charge in [-0.05, 0) is 49.8 Å². The van der Waals surface area contributed by atoms with Crippen LogP contribution in [0, 0.1) is 6.92 Å². The molecule has 0 bridgehead atoms. The maximum absolute atomic E-state index is 13.7. The van der Waals surface area contributed by atoms with Crippen molar-refractivity contribution < 1.29 is 27.6 Å². The highest BCUT2D eigenvalue weighted by Crippen LogP contribution is 2.46. The summed E-state index contributed by atoms with van der Waals surface area (Å²) in [6.07, 6.45) is -2.10. The van der Waals surface area contributed by atoms with Gasteiger partial charge in [0.05, 0.1) is 11.0 Å². The summed E-state index contributed by atoms with van der Waals surface area (Å²) >= 11 is 0. The van der Waals surface area contributed by atoms with Gasteiger partial charge in [-0.1, -0.05) is 48.0 Å². The zero-order chi connectivity index (χ0) is 25.7. The molecule has 1 saturated carbocycles. The van der Waals surface area contributed by atoms with Gasteiger partial charge in [-0.25, -0.2) is 0 Å². The highest BCUT2D eigenvalue weighted by atomic mass is 19.4. The van der Waals surface area contributed by atoms with Gasteiger partial charge in [-0.2, -0.15) is 13.2 Å². The second kappa shape index (κ2) is 9.05. The van der Waals surface area contributed by atoms with Gasteiger partial charge in [-0.15, -0.1) is 0 Å². The molecule has 2 aliphatic heterocycles. The van der Waals surface area contributed by atoms with Gasteiger partial charge in [0.25, 0.3) is 0 Å². The largest absolute Gasteiger partial charge is 0.416 e. The number of likely N-dealkylation sites (tertiary alicyclic amines) is 2. The van der Waals surface area contributed by atoms with Crippen LogP contribution in [0.2, 0.25) is 0 Å². The van der Waals surface area contributed by atoms with E-state index in [1.807, 2.05) is 25.1 Å². The van der Waals surface area contributed by atoms with E-state index in [1.54, 1.807) is 4.90 Å². The van der Waals surface area contributed by atoms with Gasteiger partial charge in [-0.3, -0.25) is 19.3 Å². The first-order chi connectivity index (χ1) is 17.1. The van der Waals surface area contributed by atoms with Crippen molar-refractivity contribution in [3.05, 3.63) is 70.8 Å². The quantitative estimate of drug-likeness (QED) is 0.547. The van der Waals surface area contributed by atoms with E-state index >= 15 is 0 Å². The molecule has 2 heterocycles. The Kier molecular flexibility index (Phi) is 6.17. The summed E-state index contributed by atoms with van der Waals surface area (Å²) in [4.78, 5) is 43.1. The first-order valence-corrected chi connectivity index (χ1v) is 12.5. The van der Waals surface area contributed by atoms with Crippen LogP contribution in [0.5, 0.6) is 0 Å². The van der Waals surface area contributed by atoms with E-state index in [0.717, 1.165) is 36.1 Å². The lowest BCUT2D eigenvalue weighted by Crippen LogP contribution is -2.46. The Morgan fingerprint density at radius 3 is 2.50 bits per heavy atom. The summed E-state index contributed by atoms with van der Waals surface area (Å²) in [7, 11) is 0. The number of aryl methyl sites for hydroxylation is 1. The van der Waals surface area contributed by atoms with Crippen molar-refractivity contribution in [2.45, 2.75) is 69.0 Å². The van der Waals surface area contributed by atoms with E-state index in [-0.39, 0.29) is 36.3 Å². The minimum absolute atomic E-state index is 0.0828. The van der Waals surface area contributed by atoms with Gasteiger partial charge in [0, 0.05) is 37.9 Å². The Hall–Kier alpha value is -3.16. The molecule has 2 aromatic carbocycles. The van der Waals surface area contributed by atoms with Crippen molar-refractivity contribution in [2.75, 3.05) is 13.1 Å². The second-order valence-corrected chi connectivity index (χ2v) is 10.4.